The zero-order chi connectivity index (χ0) is 14.4. The standard InChI is InChI=1S/C15H23N3O2/c1-3-13-16-8-12(9-17-13)14(19)18-10-15(11-20-2)6-4-5-7-15/h8-9H,3-7,10-11H2,1-2H3,(H,18,19). The molecule has 1 saturated carbocycles. The van der Waals surface area contributed by atoms with E-state index in [9.17, 15) is 4.79 Å². The number of carbonyl (C=O) groups is 1. The number of nitrogens with one attached hydrogen (secondary N) is 1. The maximum Gasteiger partial charge on any atom is 0.254 e. The number of hydrogen-bond acceptors (Lipinski definition) is 4. The third kappa shape index (κ3) is 3.54. The first kappa shape index (κ1) is 14.9. The van der Waals surface area contributed by atoms with Gasteiger partial charge in [0.05, 0.1) is 12.2 Å². The average Bonchev–Trinajstić information content (AvgIpc) is 2.94. The summed E-state index contributed by atoms with van der Waals surface area (Å²) in [7, 11) is 1.72. The van der Waals surface area contributed by atoms with Crippen LogP contribution in [-0.4, -0.2) is 36.1 Å². The van der Waals surface area contributed by atoms with E-state index in [1.807, 2.05) is 6.92 Å². The Hall–Kier alpha value is -1.49. The van der Waals surface area contributed by atoms with Crippen LogP contribution in [0.4, 0.5) is 0 Å². The van der Waals surface area contributed by atoms with Crippen molar-refractivity contribution in [2.75, 3.05) is 20.3 Å². The third-order valence-corrected chi connectivity index (χ3v) is 4.02. The van der Waals surface area contributed by atoms with Gasteiger partial charge in [-0.05, 0) is 12.8 Å². The Bertz CT molecular complexity index is 439. The molecule has 1 aromatic rings. The van der Waals surface area contributed by atoms with Gasteiger partial charge in [0.2, 0.25) is 0 Å². The van der Waals surface area contributed by atoms with Crippen LogP contribution in [0.3, 0.4) is 0 Å². The van der Waals surface area contributed by atoms with E-state index in [1.54, 1.807) is 19.5 Å². The van der Waals surface area contributed by atoms with E-state index in [1.165, 1.54) is 12.8 Å². The smallest absolute Gasteiger partial charge is 0.254 e. The highest BCUT2D eigenvalue weighted by Crippen LogP contribution is 2.37. The zero-order valence-corrected chi connectivity index (χ0v) is 12.3. The van der Waals surface area contributed by atoms with E-state index >= 15 is 0 Å². The number of aromatic nitrogens is 2. The molecule has 0 aromatic carbocycles. The molecular weight excluding hydrogens is 254 g/mol. The van der Waals surface area contributed by atoms with Crippen molar-refractivity contribution in [3.63, 3.8) is 0 Å². The Labute approximate surface area is 120 Å². The number of rotatable bonds is 6. The van der Waals surface area contributed by atoms with Gasteiger partial charge in [0.25, 0.3) is 5.91 Å². The number of amides is 1. The van der Waals surface area contributed by atoms with Crippen molar-refractivity contribution in [3.8, 4) is 0 Å². The molecule has 0 atom stereocenters. The summed E-state index contributed by atoms with van der Waals surface area (Å²) in [5.74, 6) is 0.656. The SMILES string of the molecule is CCc1ncc(C(=O)NCC2(COC)CCCC2)cn1. The van der Waals surface area contributed by atoms with Gasteiger partial charge in [-0.2, -0.15) is 0 Å². The van der Waals surface area contributed by atoms with Crippen molar-refractivity contribution in [1.29, 1.82) is 0 Å². The lowest BCUT2D eigenvalue weighted by atomic mass is 9.87. The minimum Gasteiger partial charge on any atom is -0.384 e. The maximum atomic E-state index is 12.1. The van der Waals surface area contributed by atoms with Crippen LogP contribution in [0.25, 0.3) is 0 Å². The molecule has 2 rings (SSSR count). The van der Waals surface area contributed by atoms with Crippen molar-refractivity contribution in [2.45, 2.75) is 39.0 Å². The number of methoxy groups -OCH3 is 1. The first-order chi connectivity index (χ1) is 9.69. The molecule has 0 radical (unpaired) electrons. The largest absolute Gasteiger partial charge is 0.384 e. The molecule has 1 amide bonds. The average molecular weight is 277 g/mol. The summed E-state index contributed by atoms with van der Waals surface area (Å²) >= 11 is 0. The molecule has 5 nitrogen and oxygen atoms in total. The van der Waals surface area contributed by atoms with Gasteiger partial charge >= 0.3 is 0 Å². The molecule has 1 fully saturated rings. The molecule has 1 heterocycles. The van der Waals surface area contributed by atoms with E-state index in [2.05, 4.69) is 15.3 Å². The van der Waals surface area contributed by atoms with E-state index < -0.39 is 0 Å². The molecule has 0 unspecified atom stereocenters. The van der Waals surface area contributed by atoms with Gasteiger partial charge in [0, 0.05) is 37.9 Å². The number of nitrogens with zero attached hydrogens (tertiary/aromatic N) is 2. The first-order valence-electron chi connectivity index (χ1n) is 7.27. The molecule has 5 heteroatoms. The van der Waals surface area contributed by atoms with Gasteiger partial charge < -0.3 is 10.1 Å². The number of hydrogen-bond donors (Lipinski definition) is 1. The summed E-state index contributed by atoms with van der Waals surface area (Å²) < 4.78 is 5.32. The van der Waals surface area contributed by atoms with Crippen LogP contribution >= 0.6 is 0 Å². The summed E-state index contributed by atoms with van der Waals surface area (Å²) in [6.45, 7) is 3.36. The second kappa shape index (κ2) is 6.79. The quantitative estimate of drug-likeness (QED) is 0.863. The zero-order valence-electron chi connectivity index (χ0n) is 12.3. The Balaban J connectivity index is 1.93. The molecule has 110 valence electrons. The van der Waals surface area contributed by atoms with Crippen LogP contribution in [0.5, 0.6) is 0 Å². The van der Waals surface area contributed by atoms with E-state index in [0.29, 0.717) is 18.7 Å². The first-order valence-corrected chi connectivity index (χ1v) is 7.27. The van der Waals surface area contributed by atoms with Gasteiger partial charge in [-0.15, -0.1) is 0 Å². The number of carbonyl (C=O) groups excluding carboxylic acids is 1. The van der Waals surface area contributed by atoms with Crippen molar-refractivity contribution in [3.05, 3.63) is 23.8 Å². The number of ether oxygens (including phenoxy) is 1. The maximum absolute atomic E-state index is 12.1. The third-order valence-electron chi connectivity index (χ3n) is 4.02. The molecule has 0 spiro atoms. The van der Waals surface area contributed by atoms with E-state index in [-0.39, 0.29) is 11.3 Å². The fourth-order valence-corrected chi connectivity index (χ4v) is 2.83. The lowest BCUT2D eigenvalue weighted by Crippen LogP contribution is -2.38. The lowest BCUT2D eigenvalue weighted by molar-refractivity contribution is 0.0740. The lowest BCUT2D eigenvalue weighted by Gasteiger charge is -2.28. The molecule has 1 aliphatic carbocycles. The fraction of sp³-hybridized carbons (Fsp3) is 0.667. The predicted molar refractivity (Wildman–Crippen MR) is 76.5 cm³/mol. The Kier molecular flexibility index (Phi) is 5.06. The number of aryl methyl sites for hydroxylation is 1. The Morgan fingerprint density at radius 1 is 1.35 bits per heavy atom. The van der Waals surface area contributed by atoms with Crippen molar-refractivity contribution in [2.24, 2.45) is 5.41 Å². The highest BCUT2D eigenvalue weighted by molar-refractivity contribution is 5.93. The topological polar surface area (TPSA) is 64.1 Å². The molecule has 1 N–H and O–H groups in total. The molecule has 20 heavy (non-hydrogen) atoms. The molecular formula is C15H23N3O2. The monoisotopic (exact) mass is 277 g/mol. The molecule has 1 aromatic heterocycles. The van der Waals surface area contributed by atoms with Crippen LogP contribution in [-0.2, 0) is 11.2 Å². The molecule has 0 saturated heterocycles. The minimum absolute atomic E-state index is 0.102. The van der Waals surface area contributed by atoms with Gasteiger partial charge in [-0.1, -0.05) is 19.8 Å². The highest BCUT2D eigenvalue weighted by Gasteiger charge is 2.34. The summed E-state index contributed by atoms with van der Waals surface area (Å²) in [5, 5.41) is 3.01. The fourth-order valence-electron chi connectivity index (χ4n) is 2.83. The van der Waals surface area contributed by atoms with Crippen LogP contribution in [0.15, 0.2) is 12.4 Å². The normalized spacial score (nSPS) is 17.1. The van der Waals surface area contributed by atoms with Gasteiger partial charge in [0.1, 0.15) is 5.82 Å². The predicted octanol–water partition coefficient (Wildman–Crippen LogP) is 1.98. The molecule has 0 aliphatic heterocycles. The second-order valence-corrected chi connectivity index (χ2v) is 5.56. The van der Waals surface area contributed by atoms with Gasteiger partial charge in [-0.3, -0.25) is 4.79 Å². The van der Waals surface area contributed by atoms with Crippen molar-refractivity contribution in [1.82, 2.24) is 15.3 Å². The van der Waals surface area contributed by atoms with Gasteiger partial charge in [0.15, 0.2) is 0 Å². The van der Waals surface area contributed by atoms with Crippen LogP contribution < -0.4 is 5.32 Å². The highest BCUT2D eigenvalue weighted by atomic mass is 16.5. The van der Waals surface area contributed by atoms with Crippen molar-refractivity contribution >= 4 is 5.91 Å². The van der Waals surface area contributed by atoms with E-state index in [0.717, 1.165) is 25.1 Å². The van der Waals surface area contributed by atoms with Crippen LogP contribution in [0.2, 0.25) is 0 Å². The Morgan fingerprint density at radius 3 is 2.55 bits per heavy atom. The van der Waals surface area contributed by atoms with Crippen LogP contribution in [0, 0.1) is 5.41 Å². The summed E-state index contributed by atoms with van der Waals surface area (Å²) in [5.41, 5.74) is 0.627. The van der Waals surface area contributed by atoms with E-state index in [4.69, 9.17) is 4.74 Å². The minimum atomic E-state index is -0.102. The second-order valence-electron chi connectivity index (χ2n) is 5.56. The summed E-state index contributed by atoms with van der Waals surface area (Å²) in [4.78, 5) is 20.4. The Morgan fingerprint density at radius 2 is 2.00 bits per heavy atom. The summed E-state index contributed by atoms with van der Waals surface area (Å²) in [6.07, 6.45) is 8.64. The van der Waals surface area contributed by atoms with Crippen LogP contribution in [0.1, 0.15) is 48.8 Å². The molecule has 1 aliphatic rings. The molecule has 0 bridgehead atoms. The van der Waals surface area contributed by atoms with Gasteiger partial charge in [-0.25, -0.2) is 9.97 Å². The summed E-state index contributed by atoms with van der Waals surface area (Å²) in [6, 6.07) is 0. The van der Waals surface area contributed by atoms with Crippen molar-refractivity contribution < 1.29 is 9.53 Å².